The number of aromatic nitrogens is 1. The summed E-state index contributed by atoms with van der Waals surface area (Å²) < 4.78 is 0. The zero-order valence-electron chi connectivity index (χ0n) is 12.5. The van der Waals surface area contributed by atoms with Crippen LogP contribution in [-0.4, -0.2) is 10.1 Å². The number of hydrogen-bond donors (Lipinski definition) is 1. The number of nitrogens with zero attached hydrogens (tertiary/aromatic N) is 2. The molecule has 0 amide bonds. The molecule has 0 spiro atoms. The first-order valence-electron chi connectivity index (χ1n) is 7.55. The highest BCUT2D eigenvalue weighted by molar-refractivity contribution is 7.11. The minimum atomic E-state index is 0.219. The molecule has 1 aromatic heterocycles. The first-order valence-corrected chi connectivity index (χ1v) is 8.43. The Morgan fingerprint density at radius 3 is 2.95 bits per heavy atom. The molecule has 0 bridgehead atoms. The SMILES string of the molecule is C[C@H]1CCC/C(=C(\C#N)c2nc(-c3ccccc3O)cs2)C1. The lowest BCUT2D eigenvalue weighted by atomic mass is 9.84. The summed E-state index contributed by atoms with van der Waals surface area (Å²) in [5, 5.41) is 22.2. The second-order valence-corrected chi connectivity index (χ2v) is 6.71. The smallest absolute Gasteiger partial charge is 0.134 e. The molecule has 1 aromatic carbocycles. The maximum absolute atomic E-state index is 9.94. The summed E-state index contributed by atoms with van der Waals surface area (Å²) in [4.78, 5) is 4.59. The molecule has 4 heteroatoms. The van der Waals surface area contributed by atoms with Gasteiger partial charge in [0, 0.05) is 10.9 Å². The Morgan fingerprint density at radius 1 is 1.41 bits per heavy atom. The summed E-state index contributed by atoms with van der Waals surface area (Å²) >= 11 is 1.48. The molecule has 1 aliphatic carbocycles. The molecule has 1 N–H and O–H groups in total. The minimum Gasteiger partial charge on any atom is -0.507 e. The standard InChI is InChI=1S/C18H18N2OS/c1-12-5-4-6-13(9-12)15(10-19)18-20-16(11-22-18)14-7-2-3-8-17(14)21/h2-3,7-8,11-12,21H,4-6,9H2,1H3/b15-13-/t12-/m0/s1. The van der Waals surface area contributed by atoms with Crippen LogP contribution in [0.5, 0.6) is 5.75 Å². The molecular weight excluding hydrogens is 292 g/mol. The number of phenolic OH excluding ortho intramolecular Hbond substituents is 1. The van der Waals surface area contributed by atoms with E-state index in [0.29, 0.717) is 11.5 Å². The van der Waals surface area contributed by atoms with Crippen molar-refractivity contribution in [3.05, 3.63) is 40.2 Å². The summed E-state index contributed by atoms with van der Waals surface area (Å²) in [7, 11) is 0. The van der Waals surface area contributed by atoms with Crippen LogP contribution in [0.3, 0.4) is 0 Å². The van der Waals surface area contributed by atoms with Crippen LogP contribution in [0.4, 0.5) is 0 Å². The number of phenols is 1. The van der Waals surface area contributed by atoms with Crippen molar-refractivity contribution in [3.8, 4) is 23.1 Å². The van der Waals surface area contributed by atoms with Crippen molar-refractivity contribution in [2.24, 2.45) is 5.92 Å². The van der Waals surface area contributed by atoms with Crippen LogP contribution >= 0.6 is 11.3 Å². The van der Waals surface area contributed by atoms with Crippen molar-refractivity contribution in [3.63, 3.8) is 0 Å². The summed E-state index contributed by atoms with van der Waals surface area (Å²) in [6.45, 7) is 2.24. The Balaban J connectivity index is 1.97. The van der Waals surface area contributed by atoms with Gasteiger partial charge in [-0.2, -0.15) is 5.26 Å². The van der Waals surface area contributed by atoms with Crippen LogP contribution in [-0.2, 0) is 0 Å². The number of rotatable bonds is 2. The van der Waals surface area contributed by atoms with Crippen LogP contribution in [0, 0.1) is 17.2 Å². The van der Waals surface area contributed by atoms with Gasteiger partial charge in [0.1, 0.15) is 16.8 Å². The third kappa shape index (κ3) is 2.90. The van der Waals surface area contributed by atoms with Crippen molar-refractivity contribution >= 4 is 16.9 Å². The molecule has 1 heterocycles. The highest BCUT2D eigenvalue weighted by atomic mass is 32.1. The van der Waals surface area contributed by atoms with Crippen molar-refractivity contribution in [2.75, 3.05) is 0 Å². The van der Waals surface area contributed by atoms with Gasteiger partial charge >= 0.3 is 0 Å². The molecule has 112 valence electrons. The van der Waals surface area contributed by atoms with Gasteiger partial charge in [-0.3, -0.25) is 0 Å². The van der Waals surface area contributed by atoms with E-state index >= 15 is 0 Å². The average molecular weight is 310 g/mol. The maximum Gasteiger partial charge on any atom is 0.134 e. The van der Waals surface area contributed by atoms with Gasteiger partial charge in [0.25, 0.3) is 0 Å². The summed E-state index contributed by atoms with van der Waals surface area (Å²) in [6, 6.07) is 9.52. The molecule has 1 aliphatic rings. The normalized spacial score (nSPS) is 20.5. The number of allylic oxidation sites excluding steroid dienone is 2. The topological polar surface area (TPSA) is 56.9 Å². The van der Waals surface area contributed by atoms with Crippen molar-refractivity contribution in [1.82, 2.24) is 4.98 Å². The van der Waals surface area contributed by atoms with Gasteiger partial charge in [-0.1, -0.05) is 25.5 Å². The molecule has 0 radical (unpaired) electrons. The predicted molar refractivity (Wildman–Crippen MR) is 89.4 cm³/mol. The molecule has 3 rings (SSSR count). The number of hydrogen-bond acceptors (Lipinski definition) is 4. The lowest BCUT2D eigenvalue weighted by Crippen LogP contribution is -2.06. The zero-order chi connectivity index (χ0) is 15.5. The summed E-state index contributed by atoms with van der Waals surface area (Å²) in [5.41, 5.74) is 3.41. The van der Waals surface area contributed by atoms with Gasteiger partial charge < -0.3 is 5.11 Å². The third-order valence-corrected chi connectivity index (χ3v) is 4.99. The van der Waals surface area contributed by atoms with Gasteiger partial charge in [-0.25, -0.2) is 4.98 Å². The monoisotopic (exact) mass is 310 g/mol. The quantitative estimate of drug-likeness (QED) is 0.794. The van der Waals surface area contributed by atoms with E-state index in [1.54, 1.807) is 12.1 Å². The van der Waals surface area contributed by atoms with E-state index in [0.717, 1.165) is 35.5 Å². The van der Waals surface area contributed by atoms with Gasteiger partial charge in [0.15, 0.2) is 0 Å². The fourth-order valence-corrected chi connectivity index (χ4v) is 3.86. The van der Waals surface area contributed by atoms with E-state index in [-0.39, 0.29) is 5.75 Å². The van der Waals surface area contributed by atoms with Crippen LogP contribution in [0.15, 0.2) is 35.2 Å². The van der Waals surface area contributed by atoms with Gasteiger partial charge in [-0.05, 0) is 42.9 Å². The number of nitriles is 1. The van der Waals surface area contributed by atoms with E-state index < -0.39 is 0 Å². The molecule has 1 fully saturated rings. The fraction of sp³-hybridized carbons (Fsp3) is 0.333. The van der Waals surface area contributed by atoms with Crippen molar-refractivity contribution in [1.29, 1.82) is 5.26 Å². The second-order valence-electron chi connectivity index (χ2n) is 5.85. The molecule has 0 saturated heterocycles. The Hall–Kier alpha value is -2.12. The van der Waals surface area contributed by atoms with Crippen LogP contribution < -0.4 is 0 Å². The first-order chi connectivity index (χ1) is 10.7. The third-order valence-electron chi connectivity index (χ3n) is 4.13. The lowest BCUT2D eigenvalue weighted by Gasteiger charge is -2.21. The largest absolute Gasteiger partial charge is 0.507 e. The van der Waals surface area contributed by atoms with E-state index in [1.165, 1.54) is 23.3 Å². The maximum atomic E-state index is 9.94. The van der Waals surface area contributed by atoms with E-state index in [2.05, 4.69) is 18.0 Å². The number of thiazole rings is 1. The Kier molecular flexibility index (Phi) is 4.26. The van der Waals surface area contributed by atoms with Crippen LogP contribution in [0.25, 0.3) is 16.8 Å². The Bertz CT molecular complexity index is 754. The van der Waals surface area contributed by atoms with E-state index in [9.17, 15) is 10.4 Å². The van der Waals surface area contributed by atoms with Crippen molar-refractivity contribution < 1.29 is 5.11 Å². The molecule has 22 heavy (non-hydrogen) atoms. The highest BCUT2D eigenvalue weighted by Crippen LogP contribution is 2.36. The molecule has 2 aromatic rings. The average Bonchev–Trinajstić information content (AvgIpc) is 2.98. The molecule has 1 saturated carbocycles. The summed E-state index contributed by atoms with van der Waals surface area (Å²) in [6.07, 6.45) is 4.38. The van der Waals surface area contributed by atoms with E-state index in [1.807, 2.05) is 17.5 Å². The van der Waals surface area contributed by atoms with Gasteiger partial charge in [0.05, 0.1) is 11.3 Å². The van der Waals surface area contributed by atoms with Gasteiger partial charge in [-0.15, -0.1) is 11.3 Å². The summed E-state index contributed by atoms with van der Waals surface area (Å²) in [5.74, 6) is 0.862. The molecule has 3 nitrogen and oxygen atoms in total. The van der Waals surface area contributed by atoms with Crippen LogP contribution in [0.1, 0.15) is 37.6 Å². The fourth-order valence-electron chi connectivity index (χ4n) is 3.00. The minimum absolute atomic E-state index is 0.219. The first kappa shape index (κ1) is 14.8. The second kappa shape index (κ2) is 6.33. The number of benzene rings is 1. The van der Waals surface area contributed by atoms with Gasteiger partial charge in [0.2, 0.25) is 0 Å². The lowest BCUT2D eigenvalue weighted by molar-refractivity contribution is 0.454. The van der Waals surface area contributed by atoms with Crippen LogP contribution in [0.2, 0.25) is 0 Å². The highest BCUT2D eigenvalue weighted by Gasteiger charge is 2.20. The van der Waals surface area contributed by atoms with Crippen molar-refractivity contribution in [2.45, 2.75) is 32.6 Å². The predicted octanol–water partition coefficient (Wildman–Crippen LogP) is 5.00. The van der Waals surface area contributed by atoms with E-state index in [4.69, 9.17) is 0 Å². The zero-order valence-corrected chi connectivity index (χ0v) is 13.4. The molecular formula is C18H18N2OS. The number of para-hydroxylation sites is 1. The Morgan fingerprint density at radius 2 is 2.23 bits per heavy atom. The number of aromatic hydroxyl groups is 1. The molecule has 1 atom stereocenters. The molecule has 0 unspecified atom stereocenters. The Labute approximate surface area is 134 Å². The molecule has 0 aliphatic heterocycles.